The van der Waals surface area contributed by atoms with Gasteiger partial charge in [0.1, 0.15) is 36.8 Å². The maximum Gasteiger partial charge on any atom is 0.326 e. The van der Waals surface area contributed by atoms with E-state index >= 15 is 0 Å². The lowest BCUT2D eigenvalue weighted by Crippen LogP contribution is -2.49. The third kappa shape index (κ3) is 10.6. The number of carbonyl (C=O) groups is 5. The first-order valence-electron chi connectivity index (χ1n) is 17.6. The molecule has 4 aromatic carbocycles. The number of amides is 4. The molecule has 1 aliphatic rings. The van der Waals surface area contributed by atoms with Crippen molar-refractivity contribution in [3.8, 4) is 33.8 Å². The Kier molecular flexibility index (Phi) is 13.8. The van der Waals surface area contributed by atoms with E-state index in [1.165, 1.54) is 11.9 Å². The van der Waals surface area contributed by atoms with Crippen LogP contribution >= 0.6 is 11.6 Å². The number of hydrogen-bond acceptors (Lipinski definition) is 9. The largest absolute Gasteiger partial charge is 0.492 e. The summed E-state index contributed by atoms with van der Waals surface area (Å²) in [7, 11) is 1.41. The van der Waals surface area contributed by atoms with Crippen LogP contribution in [0.2, 0.25) is 5.02 Å². The Bertz CT molecular complexity index is 2030. The van der Waals surface area contributed by atoms with Crippen molar-refractivity contribution in [2.24, 2.45) is 11.5 Å². The molecule has 0 radical (unpaired) electrons. The number of likely N-dealkylation sites (N-methyl/N-ethyl adjacent to an activating group) is 1. The summed E-state index contributed by atoms with van der Waals surface area (Å²) in [5.74, 6) is -2.95. The number of hydrogen-bond donors (Lipinski definition) is 6. The summed E-state index contributed by atoms with van der Waals surface area (Å²) in [5.41, 5.74) is 16.0. The first-order chi connectivity index (χ1) is 26.5. The van der Waals surface area contributed by atoms with E-state index < -0.39 is 54.8 Å². The molecule has 0 saturated heterocycles. The maximum absolute atomic E-state index is 13.9. The van der Waals surface area contributed by atoms with Gasteiger partial charge in [0, 0.05) is 42.7 Å². The zero-order valence-corrected chi connectivity index (χ0v) is 30.9. The second-order valence-electron chi connectivity index (χ2n) is 12.8. The number of ether oxygens (including phenoxy) is 2. The fraction of sp³-hybridized carbons (Fsp3) is 0.275. The van der Waals surface area contributed by atoms with Gasteiger partial charge in [0.15, 0.2) is 0 Å². The van der Waals surface area contributed by atoms with Gasteiger partial charge in [0.25, 0.3) is 0 Å². The van der Waals surface area contributed by atoms with E-state index in [-0.39, 0.29) is 39.1 Å². The second-order valence-corrected chi connectivity index (χ2v) is 13.2. The number of carboxylic acid groups (broad SMARTS) is 1. The summed E-state index contributed by atoms with van der Waals surface area (Å²) >= 11 is 6.00. The molecule has 0 aromatic heterocycles. The van der Waals surface area contributed by atoms with E-state index in [2.05, 4.69) is 16.0 Å². The van der Waals surface area contributed by atoms with Gasteiger partial charge in [-0.25, -0.2) is 4.79 Å². The molecule has 4 bridgehead atoms. The van der Waals surface area contributed by atoms with Gasteiger partial charge < -0.3 is 46.9 Å². The molecule has 4 aromatic rings. The molecule has 2 unspecified atom stereocenters. The van der Waals surface area contributed by atoms with Crippen LogP contribution in [0.25, 0.3) is 22.3 Å². The van der Waals surface area contributed by atoms with Crippen molar-refractivity contribution < 1.29 is 38.6 Å². The van der Waals surface area contributed by atoms with Crippen LogP contribution < -0.4 is 36.9 Å². The summed E-state index contributed by atoms with van der Waals surface area (Å²) < 4.78 is 12.0. The van der Waals surface area contributed by atoms with Crippen LogP contribution in [0.3, 0.4) is 0 Å². The molecule has 55 heavy (non-hydrogen) atoms. The Labute approximate surface area is 323 Å². The molecule has 4 amide bonds. The number of benzene rings is 4. The summed E-state index contributed by atoms with van der Waals surface area (Å²) in [5, 5.41) is 18.2. The Hall–Kier alpha value is -5.96. The third-order valence-electron chi connectivity index (χ3n) is 8.86. The van der Waals surface area contributed by atoms with Gasteiger partial charge >= 0.3 is 5.97 Å². The molecule has 0 spiro atoms. The van der Waals surface area contributed by atoms with Crippen LogP contribution in [0.1, 0.15) is 22.7 Å². The molecular formula is C40H43ClN6O8. The standard InChI is InChI=1S/C40H43ClN6O8/c1-47(37(50)23-44-35(48)20-24-2-5-26(6-3-24)27-7-10-29(41)11-8-27)38-28-9-13-34(55-17-15-43)31(21-28)30-18-25(4-12-33(30)54-16-14-42)19-32(40(52)53)46-36(49)22-45-39(38)51/h2-13,18,21,32,38H,14-17,19-20,22-23,42-43H2,1H3,(H,44,48)(H,45,51)(H,46,49)(H,52,53). The minimum Gasteiger partial charge on any atom is -0.492 e. The zero-order chi connectivity index (χ0) is 39.5. The van der Waals surface area contributed by atoms with Crippen molar-refractivity contribution in [2.45, 2.75) is 24.9 Å². The van der Waals surface area contributed by atoms with Crippen LogP contribution in [0, 0.1) is 0 Å². The van der Waals surface area contributed by atoms with Crippen molar-refractivity contribution in [1.29, 1.82) is 0 Å². The zero-order valence-electron chi connectivity index (χ0n) is 30.2. The van der Waals surface area contributed by atoms with Crippen LogP contribution in [-0.2, 0) is 36.8 Å². The van der Waals surface area contributed by atoms with E-state index in [0.717, 1.165) is 16.7 Å². The summed E-state index contributed by atoms with van der Waals surface area (Å²) in [6, 6.07) is 22.2. The molecule has 15 heteroatoms. The van der Waals surface area contributed by atoms with Gasteiger partial charge in [0.2, 0.25) is 23.6 Å². The number of nitrogens with two attached hydrogens (primary N) is 2. The average Bonchev–Trinajstić information content (AvgIpc) is 3.18. The summed E-state index contributed by atoms with van der Waals surface area (Å²) in [6.07, 6.45) is -0.0618. The maximum atomic E-state index is 13.9. The molecule has 0 fully saturated rings. The minimum atomic E-state index is -1.32. The molecule has 1 heterocycles. The Morgan fingerprint density at radius 2 is 1.47 bits per heavy atom. The minimum absolute atomic E-state index is 0.00943. The number of halogens is 1. The summed E-state index contributed by atoms with van der Waals surface area (Å²) in [4.78, 5) is 66.7. The van der Waals surface area contributed by atoms with Gasteiger partial charge in [-0.3, -0.25) is 19.2 Å². The monoisotopic (exact) mass is 770 g/mol. The van der Waals surface area contributed by atoms with Crippen LogP contribution in [0.15, 0.2) is 84.9 Å². The van der Waals surface area contributed by atoms with E-state index in [1.54, 1.807) is 48.5 Å². The quantitative estimate of drug-likeness (QED) is 0.117. The average molecular weight is 771 g/mol. The molecule has 8 N–H and O–H groups in total. The number of fused-ring (bicyclic) bond motifs is 5. The smallest absolute Gasteiger partial charge is 0.326 e. The molecule has 0 saturated carbocycles. The number of rotatable bonds is 13. The van der Waals surface area contributed by atoms with Crippen molar-refractivity contribution in [3.63, 3.8) is 0 Å². The van der Waals surface area contributed by atoms with Gasteiger partial charge in [0.05, 0.1) is 19.5 Å². The van der Waals surface area contributed by atoms with Crippen molar-refractivity contribution in [3.05, 3.63) is 107 Å². The van der Waals surface area contributed by atoms with Crippen LogP contribution in [0.5, 0.6) is 11.5 Å². The van der Waals surface area contributed by atoms with Crippen molar-refractivity contribution in [1.82, 2.24) is 20.9 Å². The molecule has 5 rings (SSSR count). The highest BCUT2D eigenvalue weighted by atomic mass is 35.5. The lowest BCUT2D eigenvalue weighted by molar-refractivity contribution is -0.142. The Balaban J connectivity index is 1.43. The third-order valence-corrected chi connectivity index (χ3v) is 9.11. The van der Waals surface area contributed by atoms with E-state index in [1.807, 2.05) is 36.4 Å². The predicted molar refractivity (Wildman–Crippen MR) is 206 cm³/mol. The molecular weight excluding hydrogens is 728 g/mol. The fourth-order valence-corrected chi connectivity index (χ4v) is 6.20. The second kappa shape index (κ2) is 18.9. The number of aliphatic carboxylic acids is 1. The first-order valence-corrected chi connectivity index (χ1v) is 17.9. The van der Waals surface area contributed by atoms with Crippen molar-refractivity contribution in [2.75, 3.05) is 46.4 Å². The lowest BCUT2D eigenvalue weighted by atomic mass is 9.94. The number of carbonyl (C=O) groups excluding carboxylic acids is 4. The first kappa shape index (κ1) is 40.2. The molecule has 1 aliphatic heterocycles. The molecule has 2 atom stereocenters. The van der Waals surface area contributed by atoms with E-state index in [9.17, 15) is 29.1 Å². The topological polar surface area (TPSA) is 215 Å². The number of nitrogens with zero attached hydrogens (tertiary/aromatic N) is 1. The molecule has 14 nitrogen and oxygen atoms in total. The molecule has 288 valence electrons. The van der Waals surface area contributed by atoms with Gasteiger partial charge in [-0.1, -0.05) is 60.1 Å². The van der Waals surface area contributed by atoms with Gasteiger partial charge in [-0.15, -0.1) is 0 Å². The molecule has 0 aliphatic carbocycles. The van der Waals surface area contributed by atoms with E-state index in [4.69, 9.17) is 32.5 Å². The lowest BCUT2D eigenvalue weighted by Gasteiger charge is -2.29. The highest BCUT2D eigenvalue weighted by molar-refractivity contribution is 6.30. The SMILES string of the molecule is CN(C(=O)CNC(=O)Cc1ccc(-c2ccc(Cl)cc2)cc1)C1C(=O)NCC(=O)NC(C(=O)O)Cc2ccc(OCCN)c(c2)-c2cc1ccc2OCCN. The van der Waals surface area contributed by atoms with E-state index in [0.29, 0.717) is 38.8 Å². The van der Waals surface area contributed by atoms with Crippen LogP contribution in [0.4, 0.5) is 0 Å². The van der Waals surface area contributed by atoms with Crippen LogP contribution in [-0.4, -0.2) is 92.1 Å². The van der Waals surface area contributed by atoms with Gasteiger partial charge in [-0.2, -0.15) is 0 Å². The summed E-state index contributed by atoms with van der Waals surface area (Å²) in [6.45, 7) is -0.232. The Morgan fingerprint density at radius 1 is 0.873 bits per heavy atom. The highest BCUT2D eigenvalue weighted by Gasteiger charge is 2.31. The predicted octanol–water partition coefficient (Wildman–Crippen LogP) is 2.45. The normalized spacial score (nSPS) is 15.5. The Morgan fingerprint density at radius 3 is 2.09 bits per heavy atom. The number of carboxylic acids is 1. The fourth-order valence-electron chi connectivity index (χ4n) is 6.08. The van der Waals surface area contributed by atoms with Gasteiger partial charge in [-0.05, 0) is 64.2 Å². The highest BCUT2D eigenvalue weighted by Crippen LogP contribution is 2.40. The van der Waals surface area contributed by atoms with Crippen molar-refractivity contribution >= 4 is 41.2 Å². The number of nitrogens with one attached hydrogen (secondary N) is 3.